The molecule has 1 aliphatic rings. The first kappa shape index (κ1) is 15.0. The highest BCUT2D eigenvalue weighted by Gasteiger charge is 2.29. The van der Waals surface area contributed by atoms with Gasteiger partial charge in [0, 0.05) is 32.2 Å². The molecule has 0 aliphatic carbocycles. The molecule has 5 heteroatoms. The molecule has 0 amide bonds. The van der Waals surface area contributed by atoms with Crippen LogP contribution in [0.25, 0.3) is 0 Å². The van der Waals surface area contributed by atoms with E-state index >= 15 is 0 Å². The maximum absolute atomic E-state index is 5.81. The molecule has 0 spiro atoms. The highest BCUT2D eigenvalue weighted by Crippen LogP contribution is 2.27. The zero-order valence-corrected chi connectivity index (χ0v) is 13.0. The largest absolute Gasteiger partial charge is 0.373 e. The number of aromatic nitrogens is 2. The Morgan fingerprint density at radius 3 is 2.65 bits per heavy atom. The van der Waals surface area contributed by atoms with Crippen LogP contribution in [0.2, 0.25) is 0 Å². The van der Waals surface area contributed by atoms with Crippen molar-refractivity contribution < 1.29 is 4.74 Å². The number of nitrogens with one attached hydrogen (secondary N) is 2. The quantitative estimate of drug-likeness (QED) is 0.838. The van der Waals surface area contributed by atoms with Crippen molar-refractivity contribution in [3.63, 3.8) is 0 Å². The molecule has 1 aromatic rings. The number of ether oxygens (including phenoxy) is 1. The van der Waals surface area contributed by atoms with Crippen molar-refractivity contribution in [1.29, 1.82) is 0 Å². The Labute approximate surface area is 121 Å². The van der Waals surface area contributed by atoms with Crippen LogP contribution in [-0.2, 0) is 11.2 Å². The molecular formula is C15H26N4O. The molecule has 2 heterocycles. The molecule has 0 radical (unpaired) electrons. The van der Waals surface area contributed by atoms with Gasteiger partial charge in [0.1, 0.15) is 17.5 Å². The van der Waals surface area contributed by atoms with Crippen LogP contribution in [0.1, 0.15) is 44.5 Å². The molecule has 1 atom stereocenters. The number of hydrogen-bond donors (Lipinski definition) is 2. The molecule has 0 bridgehead atoms. The Morgan fingerprint density at radius 2 is 2.05 bits per heavy atom. The van der Waals surface area contributed by atoms with E-state index in [1.807, 2.05) is 14.0 Å². The number of rotatable bonds is 6. The van der Waals surface area contributed by atoms with Gasteiger partial charge in [-0.15, -0.1) is 0 Å². The van der Waals surface area contributed by atoms with Gasteiger partial charge in [-0.05, 0) is 33.1 Å². The fourth-order valence-electron chi connectivity index (χ4n) is 2.56. The third-order valence-corrected chi connectivity index (χ3v) is 3.83. The van der Waals surface area contributed by atoms with Crippen molar-refractivity contribution in [2.24, 2.45) is 0 Å². The van der Waals surface area contributed by atoms with E-state index in [2.05, 4.69) is 34.4 Å². The summed E-state index contributed by atoms with van der Waals surface area (Å²) in [4.78, 5) is 9.19. The minimum Gasteiger partial charge on any atom is -0.373 e. The van der Waals surface area contributed by atoms with Gasteiger partial charge in [-0.3, -0.25) is 0 Å². The molecule has 1 aliphatic heterocycles. The van der Waals surface area contributed by atoms with Gasteiger partial charge in [0.15, 0.2) is 0 Å². The lowest BCUT2D eigenvalue weighted by atomic mass is 10.0. The molecule has 20 heavy (non-hydrogen) atoms. The Bertz CT molecular complexity index is 455. The Balaban J connectivity index is 2.14. The predicted octanol–water partition coefficient (Wildman–Crippen LogP) is 2.76. The maximum atomic E-state index is 5.81. The van der Waals surface area contributed by atoms with E-state index in [4.69, 9.17) is 4.74 Å². The zero-order valence-electron chi connectivity index (χ0n) is 13.0. The maximum Gasteiger partial charge on any atom is 0.134 e. The van der Waals surface area contributed by atoms with Crippen LogP contribution in [0, 0.1) is 6.92 Å². The Hall–Kier alpha value is -1.36. The average Bonchev–Trinajstić information content (AvgIpc) is 2.86. The van der Waals surface area contributed by atoms with Crippen molar-refractivity contribution in [2.75, 3.05) is 30.8 Å². The summed E-state index contributed by atoms with van der Waals surface area (Å²) in [5.41, 5.74) is 0.996. The number of hydrogen-bond acceptors (Lipinski definition) is 5. The summed E-state index contributed by atoms with van der Waals surface area (Å²) in [6.07, 6.45) is 4.19. The Morgan fingerprint density at radius 1 is 1.30 bits per heavy atom. The summed E-state index contributed by atoms with van der Waals surface area (Å²) in [7, 11) is 1.90. The van der Waals surface area contributed by atoms with Gasteiger partial charge < -0.3 is 15.4 Å². The highest BCUT2D eigenvalue weighted by molar-refractivity contribution is 5.57. The van der Waals surface area contributed by atoms with E-state index in [1.165, 1.54) is 0 Å². The number of anilines is 2. The lowest BCUT2D eigenvalue weighted by Gasteiger charge is -2.24. The van der Waals surface area contributed by atoms with Crippen LogP contribution in [0.5, 0.6) is 0 Å². The van der Waals surface area contributed by atoms with Gasteiger partial charge in [-0.2, -0.15) is 0 Å². The van der Waals surface area contributed by atoms with Crippen molar-refractivity contribution in [1.82, 2.24) is 9.97 Å². The van der Waals surface area contributed by atoms with Crippen molar-refractivity contribution in [3.05, 3.63) is 11.4 Å². The van der Waals surface area contributed by atoms with Crippen LogP contribution in [0.4, 0.5) is 11.6 Å². The van der Waals surface area contributed by atoms with Gasteiger partial charge in [0.05, 0.1) is 5.60 Å². The lowest BCUT2D eigenvalue weighted by molar-refractivity contribution is 0.0314. The monoisotopic (exact) mass is 278 g/mol. The van der Waals surface area contributed by atoms with Gasteiger partial charge in [0.2, 0.25) is 0 Å². The van der Waals surface area contributed by atoms with E-state index in [0.29, 0.717) is 0 Å². The molecule has 5 nitrogen and oxygen atoms in total. The number of nitrogens with zero attached hydrogens (tertiary/aromatic N) is 2. The smallest absolute Gasteiger partial charge is 0.134 e. The summed E-state index contributed by atoms with van der Waals surface area (Å²) in [5.74, 6) is 2.72. The van der Waals surface area contributed by atoms with E-state index in [-0.39, 0.29) is 5.60 Å². The van der Waals surface area contributed by atoms with Crippen LogP contribution < -0.4 is 10.6 Å². The minimum atomic E-state index is -0.0673. The molecule has 1 fully saturated rings. The van der Waals surface area contributed by atoms with E-state index in [0.717, 1.165) is 61.9 Å². The van der Waals surface area contributed by atoms with Gasteiger partial charge >= 0.3 is 0 Å². The standard InChI is InChI=1S/C15H26N4O/c1-5-7-12-18-13(16-4)11(2)14(19-12)17-10-15(3)8-6-9-20-15/h5-10H2,1-4H3,(H2,16,17,18,19). The fraction of sp³-hybridized carbons (Fsp3) is 0.733. The fourth-order valence-corrected chi connectivity index (χ4v) is 2.56. The molecule has 0 aromatic carbocycles. The predicted molar refractivity (Wildman–Crippen MR) is 82.4 cm³/mol. The first-order valence-corrected chi connectivity index (χ1v) is 7.51. The summed E-state index contributed by atoms with van der Waals surface area (Å²) < 4.78 is 5.81. The molecule has 112 valence electrons. The van der Waals surface area contributed by atoms with Crippen LogP contribution >= 0.6 is 0 Å². The molecule has 0 saturated carbocycles. The molecular weight excluding hydrogens is 252 g/mol. The van der Waals surface area contributed by atoms with Gasteiger partial charge in [-0.1, -0.05) is 6.92 Å². The Kier molecular flexibility index (Phi) is 4.81. The SMILES string of the molecule is CCCc1nc(NC)c(C)c(NCC2(C)CCCO2)n1. The van der Waals surface area contributed by atoms with Gasteiger partial charge in [0.25, 0.3) is 0 Å². The highest BCUT2D eigenvalue weighted by atomic mass is 16.5. The van der Waals surface area contributed by atoms with Gasteiger partial charge in [-0.25, -0.2) is 9.97 Å². The second-order valence-corrected chi connectivity index (χ2v) is 5.72. The summed E-state index contributed by atoms with van der Waals surface area (Å²) in [6, 6.07) is 0. The topological polar surface area (TPSA) is 59.1 Å². The van der Waals surface area contributed by atoms with E-state index in [1.54, 1.807) is 0 Å². The second kappa shape index (κ2) is 6.39. The second-order valence-electron chi connectivity index (χ2n) is 5.72. The molecule has 1 unspecified atom stereocenters. The van der Waals surface area contributed by atoms with Crippen molar-refractivity contribution >= 4 is 11.6 Å². The van der Waals surface area contributed by atoms with Crippen LogP contribution in [0.3, 0.4) is 0 Å². The molecule has 1 aromatic heterocycles. The average molecular weight is 278 g/mol. The number of aryl methyl sites for hydroxylation is 1. The molecule has 2 N–H and O–H groups in total. The summed E-state index contributed by atoms with van der Waals surface area (Å²) in [6.45, 7) is 8.00. The first-order valence-electron chi connectivity index (χ1n) is 7.51. The van der Waals surface area contributed by atoms with Crippen LogP contribution in [-0.4, -0.2) is 35.8 Å². The summed E-state index contributed by atoms with van der Waals surface area (Å²) >= 11 is 0. The normalized spacial score (nSPS) is 22.0. The summed E-state index contributed by atoms with van der Waals surface area (Å²) in [5, 5.41) is 6.60. The van der Waals surface area contributed by atoms with Crippen molar-refractivity contribution in [2.45, 2.75) is 52.1 Å². The third-order valence-electron chi connectivity index (χ3n) is 3.83. The minimum absolute atomic E-state index is 0.0673. The van der Waals surface area contributed by atoms with E-state index < -0.39 is 0 Å². The third kappa shape index (κ3) is 3.39. The molecule has 2 rings (SSSR count). The zero-order chi connectivity index (χ0) is 14.6. The van der Waals surface area contributed by atoms with Crippen LogP contribution in [0.15, 0.2) is 0 Å². The first-order chi connectivity index (χ1) is 9.58. The van der Waals surface area contributed by atoms with E-state index in [9.17, 15) is 0 Å². The lowest BCUT2D eigenvalue weighted by Crippen LogP contribution is -2.33. The van der Waals surface area contributed by atoms with Crippen molar-refractivity contribution in [3.8, 4) is 0 Å². The molecule has 1 saturated heterocycles.